The Morgan fingerprint density at radius 3 is 2.70 bits per heavy atom. The molecule has 0 aliphatic carbocycles. The third-order valence-corrected chi connectivity index (χ3v) is 4.82. The number of aryl methyl sites for hydroxylation is 1. The lowest BCUT2D eigenvalue weighted by molar-refractivity contribution is -0.121. The lowest BCUT2D eigenvalue weighted by atomic mass is 10.2. The Kier molecular flexibility index (Phi) is 6.95. The summed E-state index contributed by atoms with van der Waals surface area (Å²) in [5.41, 5.74) is 0.767. The molecule has 0 spiro atoms. The van der Waals surface area contributed by atoms with Crippen molar-refractivity contribution in [3.8, 4) is 11.3 Å². The maximum Gasteiger partial charge on any atom is 0.220 e. The fourth-order valence-corrected chi connectivity index (χ4v) is 3.08. The second-order valence-corrected chi connectivity index (χ2v) is 6.97. The van der Waals surface area contributed by atoms with Gasteiger partial charge in [0.1, 0.15) is 5.82 Å². The van der Waals surface area contributed by atoms with Gasteiger partial charge in [0.2, 0.25) is 5.91 Å². The van der Waals surface area contributed by atoms with Crippen LogP contribution in [0.25, 0.3) is 11.3 Å². The number of hydrogen-bond acceptors (Lipinski definition) is 5. The van der Waals surface area contributed by atoms with Gasteiger partial charge in [-0.2, -0.15) is 0 Å². The zero-order chi connectivity index (χ0) is 19.1. The molecular formula is C20H27FN4O2. The summed E-state index contributed by atoms with van der Waals surface area (Å²) in [5.74, 6) is 0.817. The number of nitrogens with one attached hydrogen (secondary N) is 1. The zero-order valence-electron chi connectivity index (χ0n) is 15.8. The molecule has 0 unspecified atom stereocenters. The van der Waals surface area contributed by atoms with Crippen molar-refractivity contribution in [3.05, 3.63) is 42.2 Å². The molecule has 2 aromatic rings. The highest BCUT2D eigenvalue weighted by atomic mass is 19.1. The number of likely N-dealkylation sites (N-methyl/N-ethyl adjacent to an activating group) is 1. The highest BCUT2D eigenvalue weighted by Crippen LogP contribution is 2.21. The van der Waals surface area contributed by atoms with Crippen LogP contribution in [0.4, 0.5) is 4.39 Å². The molecule has 1 fully saturated rings. The van der Waals surface area contributed by atoms with Gasteiger partial charge in [-0.3, -0.25) is 4.79 Å². The van der Waals surface area contributed by atoms with Gasteiger partial charge in [-0.05, 0) is 44.3 Å². The Hall–Kier alpha value is -2.25. The third kappa shape index (κ3) is 6.15. The summed E-state index contributed by atoms with van der Waals surface area (Å²) in [7, 11) is 2.15. The highest BCUT2D eigenvalue weighted by Gasteiger charge is 2.13. The smallest absolute Gasteiger partial charge is 0.220 e. The van der Waals surface area contributed by atoms with Gasteiger partial charge in [-0.25, -0.2) is 9.37 Å². The molecule has 1 aromatic heterocycles. The van der Waals surface area contributed by atoms with E-state index >= 15 is 0 Å². The minimum atomic E-state index is -0.289. The number of oxazole rings is 1. The SMILES string of the molecule is CN1CCN(CCCNC(=O)CCc2ncc(-c3ccc(F)cc3)o2)CC1. The standard InChI is InChI=1S/C20H27FN4O2/c1-24-11-13-25(14-12-24)10-2-9-22-19(26)7-8-20-23-15-18(27-20)16-3-5-17(21)6-4-16/h3-6,15H,2,7-14H2,1H3,(H,22,26). The largest absolute Gasteiger partial charge is 0.441 e. The van der Waals surface area contributed by atoms with Gasteiger partial charge < -0.3 is 19.5 Å². The van der Waals surface area contributed by atoms with Crippen LogP contribution < -0.4 is 5.32 Å². The minimum absolute atomic E-state index is 0.00918. The average Bonchev–Trinajstić information content (AvgIpc) is 3.14. The molecule has 1 aliphatic rings. The summed E-state index contributed by atoms with van der Waals surface area (Å²) in [4.78, 5) is 21.0. The van der Waals surface area contributed by atoms with Crippen LogP contribution in [0, 0.1) is 5.82 Å². The maximum atomic E-state index is 13.0. The van der Waals surface area contributed by atoms with E-state index < -0.39 is 0 Å². The molecule has 27 heavy (non-hydrogen) atoms. The number of benzene rings is 1. The van der Waals surface area contributed by atoms with Crippen molar-refractivity contribution in [2.24, 2.45) is 0 Å². The molecule has 0 atom stereocenters. The number of rotatable bonds is 8. The summed E-state index contributed by atoms with van der Waals surface area (Å²) >= 11 is 0. The molecule has 1 aromatic carbocycles. The molecule has 1 saturated heterocycles. The van der Waals surface area contributed by atoms with Crippen molar-refractivity contribution in [1.82, 2.24) is 20.1 Å². The predicted octanol–water partition coefficient (Wildman–Crippen LogP) is 2.17. The molecule has 2 heterocycles. The van der Waals surface area contributed by atoms with Crippen LogP contribution in [0.15, 0.2) is 34.9 Å². The Bertz CT molecular complexity index is 724. The van der Waals surface area contributed by atoms with Crippen LogP contribution in [0.3, 0.4) is 0 Å². The van der Waals surface area contributed by atoms with Crippen LogP contribution in [0.5, 0.6) is 0 Å². The molecule has 0 saturated carbocycles. The average molecular weight is 374 g/mol. The second-order valence-electron chi connectivity index (χ2n) is 6.97. The fraction of sp³-hybridized carbons (Fsp3) is 0.500. The van der Waals surface area contributed by atoms with E-state index in [4.69, 9.17) is 4.42 Å². The van der Waals surface area contributed by atoms with Gasteiger partial charge in [-0.15, -0.1) is 0 Å². The number of hydrogen-bond donors (Lipinski definition) is 1. The number of carbonyl (C=O) groups is 1. The minimum Gasteiger partial charge on any atom is -0.441 e. The second kappa shape index (κ2) is 9.62. The lowest BCUT2D eigenvalue weighted by Crippen LogP contribution is -2.45. The van der Waals surface area contributed by atoms with Crippen LogP contribution in [0.2, 0.25) is 0 Å². The van der Waals surface area contributed by atoms with Crippen molar-refractivity contribution in [2.45, 2.75) is 19.3 Å². The molecule has 1 N–H and O–H groups in total. The fourth-order valence-electron chi connectivity index (χ4n) is 3.08. The zero-order valence-corrected chi connectivity index (χ0v) is 15.8. The Balaban J connectivity index is 1.33. The Morgan fingerprint density at radius 1 is 1.22 bits per heavy atom. The molecule has 146 valence electrons. The highest BCUT2D eigenvalue weighted by molar-refractivity contribution is 5.76. The van der Waals surface area contributed by atoms with Crippen molar-refractivity contribution < 1.29 is 13.6 Å². The first-order valence-corrected chi connectivity index (χ1v) is 9.48. The third-order valence-electron chi connectivity index (χ3n) is 4.82. The lowest BCUT2D eigenvalue weighted by Gasteiger charge is -2.32. The van der Waals surface area contributed by atoms with Crippen molar-refractivity contribution >= 4 is 5.91 Å². The van der Waals surface area contributed by atoms with E-state index in [0.29, 0.717) is 31.0 Å². The quantitative estimate of drug-likeness (QED) is 0.718. The van der Waals surface area contributed by atoms with Crippen molar-refractivity contribution in [2.75, 3.05) is 46.3 Å². The summed E-state index contributed by atoms with van der Waals surface area (Å²) in [6, 6.07) is 6.06. The first kappa shape index (κ1) is 19.5. The van der Waals surface area contributed by atoms with Gasteiger partial charge in [-0.1, -0.05) is 0 Å². The van der Waals surface area contributed by atoms with Crippen LogP contribution >= 0.6 is 0 Å². The topological polar surface area (TPSA) is 61.6 Å². The van der Waals surface area contributed by atoms with Crippen LogP contribution in [0.1, 0.15) is 18.7 Å². The van der Waals surface area contributed by atoms with Crippen LogP contribution in [-0.4, -0.2) is 67.0 Å². The monoisotopic (exact) mass is 374 g/mol. The molecule has 6 nitrogen and oxygen atoms in total. The van der Waals surface area contributed by atoms with Gasteiger partial charge in [0.15, 0.2) is 11.7 Å². The van der Waals surface area contributed by atoms with Gasteiger partial charge >= 0.3 is 0 Å². The first-order chi connectivity index (χ1) is 13.1. The number of aromatic nitrogens is 1. The molecular weight excluding hydrogens is 347 g/mol. The number of halogens is 1. The molecule has 1 aliphatic heterocycles. The number of piperazine rings is 1. The summed E-state index contributed by atoms with van der Waals surface area (Å²) in [6.45, 7) is 6.15. The van der Waals surface area contributed by atoms with E-state index in [1.54, 1.807) is 18.3 Å². The summed E-state index contributed by atoms with van der Waals surface area (Å²) in [5, 5.41) is 2.96. The first-order valence-electron chi connectivity index (χ1n) is 9.48. The predicted molar refractivity (Wildman–Crippen MR) is 102 cm³/mol. The molecule has 7 heteroatoms. The summed E-state index contributed by atoms with van der Waals surface area (Å²) in [6.07, 6.45) is 3.36. The van der Waals surface area contributed by atoms with E-state index in [1.807, 2.05) is 0 Å². The maximum absolute atomic E-state index is 13.0. The van der Waals surface area contributed by atoms with E-state index in [9.17, 15) is 9.18 Å². The molecule has 1 amide bonds. The van der Waals surface area contributed by atoms with Gasteiger partial charge in [0.25, 0.3) is 0 Å². The summed E-state index contributed by atoms with van der Waals surface area (Å²) < 4.78 is 18.6. The van der Waals surface area contributed by atoms with Gasteiger partial charge in [0.05, 0.1) is 6.20 Å². The number of amides is 1. The molecule has 0 radical (unpaired) electrons. The van der Waals surface area contributed by atoms with E-state index in [0.717, 1.165) is 44.7 Å². The van der Waals surface area contributed by atoms with E-state index in [1.165, 1.54) is 12.1 Å². The number of nitrogens with zero attached hydrogens (tertiary/aromatic N) is 3. The van der Waals surface area contributed by atoms with E-state index in [-0.39, 0.29) is 11.7 Å². The Labute approximate surface area is 159 Å². The normalized spacial score (nSPS) is 15.8. The van der Waals surface area contributed by atoms with Crippen molar-refractivity contribution in [3.63, 3.8) is 0 Å². The van der Waals surface area contributed by atoms with Crippen molar-refractivity contribution in [1.29, 1.82) is 0 Å². The van der Waals surface area contributed by atoms with Gasteiger partial charge in [0, 0.05) is 51.1 Å². The number of carbonyl (C=O) groups excluding carboxylic acids is 1. The molecule has 0 bridgehead atoms. The molecule has 3 rings (SSSR count). The van der Waals surface area contributed by atoms with Crippen LogP contribution in [-0.2, 0) is 11.2 Å². The Morgan fingerprint density at radius 2 is 1.96 bits per heavy atom. The van der Waals surface area contributed by atoms with E-state index in [2.05, 4.69) is 27.1 Å².